The van der Waals surface area contributed by atoms with Crippen molar-refractivity contribution < 1.29 is 14.6 Å². The molecule has 1 aliphatic heterocycles. The Bertz CT molecular complexity index is 884. The van der Waals surface area contributed by atoms with Crippen LogP contribution in [0.2, 0.25) is 0 Å². The number of hydrogen-bond donors (Lipinski definition) is 2. The fourth-order valence-corrected chi connectivity index (χ4v) is 4.76. The van der Waals surface area contributed by atoms with Crippen LogP contribution in [-0.4, -0.2) is 30.8 Å². The highest BCUT2D eigenvalue weighted by molar-refractivity contribution is 7.20. The maximum atomic E-state index is 12.7. The number of amides is 1. The SMILES string of the molecule is O=C(NC[C@](O)(c1ccccc1)C1CCOCC1)c1cc2ccccc2s1. The van der Waals surface area contributed by atoms with Gasteiger partial charge in [0.05, 0.1) is 11.4 Å². The van der Waals surface area contributed by atoms with Crippen molar-refractivity contribution in [2.45, 2.75) is 18.4 Å². The van der Waals surface area contributed by atoms with Gasteiger partial charge in [-0.25, -0.2) is 0 Å². The molecule has 27 heavy (non-hydrogen) atoms. The molecule has 1 aliphatic rings. The van der Waals surface area contributed by atoms with Crippen LogP contribution in [0.4, 0.5) is 0 Å². The molecule has 1 amide bonds. The van der Waals surface area contributed by atoms with Gasteiger partial charge >= 0.3 is 0 Å². The van der Waals surface area contributed by atoms with Crippen molar-refractivity contribution in [1.29, 1.82) is 0 Å². The zero-order chi connectivity index (χ0) is 18.7. The molecule has 0 spiro atoms. The first kappa shape index (κ1) is 18.2. The lowest BCUT2D eigenvalue weighted by atomic mass is 9.77. The fraction of sp³-hybridized carbons (Fsp3) is 0.318. The van der Waals surface area contributed by atoms with E-state index in [4.69, 9.17) is 4.74 Å². The molecular weight excluding hydrogens is 358 g/mol. The monoisotopic (exact) mass is 381 g/mol. The standard InChI is InChI=1S/C22H23NO3S/c24-21(20-14-16-6-4-5-9-19(16)27-20)23-15-22(25,17-7-2-1-3-8-17)18-10-12-26-13-11-18/h1-9,14,18,25H,10-13,15H2,(H,23,24)/t22-/m0/s1. The predicted molar refractivity (Wildman–Crippen MR) is 108 cm³/mol. The molecule has 4 nitrogen and oxygen atoms in total. The van der Waals surface area contributed by atoms with Crippen molar-refractivity contribution in [3.8, 4) is 0 Å². The van der Waals surface area contributed by atoms with Crippen LogP contribution in [0.5, 0.6) is 0 Å². The van der Waals surface area contributed by atoms with E-state index in [0.29, 0.717) is 18.1 Å². The Morgan fingerprint density at radius 1 is 1.11 bits per heavy atom. The van der Waals surface area contributed by atoms with Gasteiger partial charge in [0.15, 0.2) is 0 Å². The minimum absolute atomic E-state index is 0.0522. The Kier molecular flexibility index (Phi) is 5.25. The Hall–Kier alpha value is -2.21. The van der Waals surface area contributed by atoms with E-state index in [-0.39, 0.29) is 18.4 Å². The molecule has 0 saturated carbocycles. The fourth-order valence-electron chi connectivity index (χ4n) is 3.78. The van der Waals surface area contributed by atoms with E-state index < -0.39 is 5.60 Å². The lowest BCUT2D eigenvalue weighted by Crippen LogP contribution is -2.47. The first-order valence-electron chi connectivity index (χ1n) is 9.29. The molecule has 1 saturated heterocycles. The Labute approximate surface area is 162 Å². The summed E-state index contributed by atoms with van der Waals surface area (Å²) in [4.78, 5) is 13.4. The largest absolute Gasteiger partial charge is 0.383 e. The second-order valence-corrected chi connectivity index (χ2v) is 8.09. The third-order valence-electron chi connectivity index (χ3n) is 5.34. The highest BCUT2D eigenvalue weighted by Crippen LogP contribution is 2.36. The number of nitrogens with one attached hydrogen (secondary N) is 1. The van der Waals surface area contributed by atoms with Gasteiger partial charge in [0.2, 0.25) is 0 Å². The van der Waals surface area contributed by atoms with E-state index in [2.05, 4.69) is 5.32 Å². The summed E-state index contributed by atoms with van der Waals surface area (Å²) in [5, 5.41) is 15.6. The van der Waals surface area contributed by atoms with Gasteiger partial charge in [-0.1, -0.05) is 48.5 Å². The summed E-state index contributed by atoms with van der Waals surface area (Å²) in [5.74, 6) is -0.0889. The second kappa shape index (κ2) is 7.80. The highest BCUT2D eigenvalue weighted by atomic mass is 32.1. The molecule has 2 heterocycles. The molecule has 3 aromatic rings. The zero-order valence-corrected chi connectivity index (χ0v) is 15.9. The summed E-state index contributed by atoms with van der Waals surface area (Å²) >= 11 is 1.47. The molecule has 1 fully saturated rings. The summed E-state index contributed by atoms with van der Waals surface area (Å²) in [7, 11) is 0. The van der Waals surface area contributed by atoms with Gasteiger partial charge in [0, 0.05) is 17.9 Å². The summed E-state index contributed by atoms with van der Waals surface area (Å²) in [6, 6.07) is 19.5. The minimum atomic E-state index is -1.10. The number of fused-ring (bicyclic) bond motifs is 1. The molecule has 2 aromatic carbocycles. The van der Waals surface area contributed by atoms with Crippen LogP contribution in [0.1, 0.15) is 28.1 Å². The zero-order valence-electron chi connectivity index (χ0n) is 15.1. The average Bonchev–Trinajstić information content (AvgIpc) is 3.17. The smallest absolute Gasteiger partial charge is 0.261 e. The summed E-state index contributed by atoms with van der Waals surface area (Å²) in [6.07, 6.45) is 1.56. The molecule has 140 valence electrons. The molecule has 4 rings (SSSR count). The van der Waals surface area contributed by atoms with Crippen LogP contribution < -0.4 is 5.32 Å². The van der Waals surface area contributed by atoms with Crippen LogP contribution in [0.15, 0.2) is 60.7 Å². The van der Waals surface area contributed by atoms with Crippen LogP contribution in [-0.2, 0) is 10.3 Å². The Balaban J connectivity index is 1.55. The molecule has 1 atom stereocenters. The van der Waals surface area contributed by atoms with E-state index in [1.807, 2.05) is 60.7 Å². The van der Waals surface area contributed by atoms with Crippen LogP contribution >= 0.6 is 11.3 Å². The van der Waals surface area contributed by atoms with Gasteiger partial charge < -0.3 is 15.2 Å². The van der Waals surface area contributed by atoms with Crippen molar-refractivity contribution in [2.75, 3.05) is 19.8 Å². The third-order valence-corrected chi connectivity index (χ3v) is 6.45. The maximum absolute atomic E-state index is 12.7. The Morgan fingerprint density at radius 2 is 1.81 bits per heavy atom. The lowest BCUT2D eigenvalue weighted by molar-refractivity contribution is -0.0680. The quantitative estimate of drug-likeness (QED) is 0.704. The Morgan fingerprint density at radius 3 is 2.56 bits per heavy atom. The number of carbonyl (C=O) groups is 1. The molecular formula is C22H23NO3S. The molecule has 5 heteroatoms. The number of benzene rings is 2. The van der Waals surface area contributed by atoms with Gasteiger partial charge in [0.1, 0.15) is 5.60 Å². The number of hydrogen-bond acceptors (Lipinski definition) is 4. The summed E-state index contributed by atoms with van der Waals surface area (Å²) in [5.41, 5.74) is -0.259. The summed E-state index contributed by atoms with van der Waals surface area (Å²) < 4.78 is 6.55. The van der Waals surface area contributed by atoms with Crippen molar-refractivity contribution >= 4 is 27.3 Å². The topological polar surface area (TPSA) is 58.6 Å². The maximum Gasteiger partial charge on any atom is 0.261 e. The van der Waals surface area contributed by atoms with E-state index >= 15 is 0 Å². The van der Waals surface area contributed by atoms with E-state index in [0.717, 1.165) is 28.5 Å². The number of ether oxygens (including phenoxy) is 1. The molecule has 0 radical (unpaired) electrons. The normalized spacial score (nSPS) is 17.5. The molecule has 0 aliphatic carbocycles. The molecule has 0 bridgehead atoms. The van der Waals surface area contributed by atoms with E-state index in [9.17, 15) is 9.90 Å². The van der Waals surface area contributed by atoms with Gasteiger partial charge in [-0.2, -0.15) is 0 Å². The molecule has 1 aromatic heterocycles. The second-order valence-electron chi connectivity index (χ2n) is 7.01. The van der Waals surface area contributed by atoms with E-state index in [1.54, 1.807) is 0 Å². The summed E-state index contributed by atoms with van der Waals surface area (Å²) in [6.45, 7) is 1.48. The molecule has 0 unspecified atom stereocenters. The number of aliphatic hydroxyl groups is 1. The van der Waals surface area contributed by atoms with Crippen molar-refractivity contribution in [3.05, 3.63) is 71.1 Å². The number of carbonyl (C=O) groups excluding carboxylic acids is 1. The third kappa shape index (κ3) is 3.76. The van der Waals surface area contributed by atoms with Crippen LogP contribution in [0, 0.1) is 5.92 Å². The van der Waals surface area contributed by atoms with Crippen molar-refractivity contribution in [2.24, 2.45) is 5.92 Å². The van der Waals surface area contributed by atoms with Crippen molar-refractivity contribution in [1.82, 2.24) is 5.32 Å². The lowest BCUT2D eigenvalue weighted by Gasteiger charge is -2.39. The highest BCUT2D eigenvalue weighted by Gasteiger charge is 2.39. The first-order valence-corrected chi connectivity index (χ1v) is 10.1. The van der Waals surface area contributed by atoms with Crippen LogP contribution in [0.3, 0.4) is 0 Å². The van der Waals surface area contributed by atoms with Gasteiger partial charge in [-0.05, 0) is 41.8 Å². The van der Waals surface area contributed by atoms with Crippen LogP contribution in [0.25, 0.3) is 10.1 Å². The first-order chi connectivity index (χ1) is 13.2. The predicted octanol–water partition coefficient (Wildman–Crippen LogP) is 3.95. The van der Waals surface area contributed by atoms with Gasteiger partial charge in [-0.15, -0.1) is 11.3 Å². The van der Waals surface area contributed by atoms with Crippen molar-refractivity contribution in [3.63, 3.8) is 0 Å². The molecule has 2 N–H and O–H groups in total. The minimum Gasteiger partial charge on any atom is -0.383 e. The average molecular weight is 381 g/mol. The number of thiophene rings is 1. The van der Waals surface area contributed by atoms with Gasteiger partial charge in [0.25, 0.3) is 5.91 Å². The number of rotatable bonds is 5. The van der Waals surface area contributed by atoms with Gasteiger partial charge in [-0.3, -0.25) is 4.79 Å². The van der Waals surface area contributed by atoms with E-state index in [1.165, 1.54) is 11.3 Å².